The number of H-pyrrole nitrogens is 1. The number of nitrogens with one attached hydrogen (secondary N) is 1. The number of carbonyl (C=O) groups is 1. The van der Waals surface area contributed by atoms with Crippen LogP contribution in [0.4, 0.5) is 5.82 Å². The summed E-state index contributed by atoms with van der Waals surface area (Å²) in [6.45, 7) is 0.327. The molecule has 1 aliphatic rings. The Morgan fingerprint density at radius 2 is 2.47 bits per heavy atom. The van der Waals surface area contributed by atoms with Crippen LogP contribution in [0.3, 0.4) is 0 Å². The molecule has 4 N–H and O–H groups in total. The van der Waals surface area contributed by atoms with Crippen molar-refractivity contribution in [3.63, 3.8) is 0 Å². The summed E-state index contributed by atoms with van der Waals surface area (Å²) in [4.78, 5) is 13.6. The van der Waals surface area contributed by atoms with Crippen molar-refractivity contribution in [3.8, 4) is 0 Å². The standard InChI is InChI=1S/C9H14N4O2/c10-8-7(5-11-12-8)9(15)13(3-4-14)6-1-2-6/h5-6,14H,1-4H2,(H3,10,11,12). The Hall–Kier alpha value is -1.56. The number of nitrogens with two attached hydrogens (primary N) is 1. The molecule has 1 aliphatic carbocycles. The van der Waals surface area contributed by atoms with E-state index >= 15 is 0 Å². The van der Waals surface area contributed by atoms with E-state index in [2.05, 4.69) is 10.2 Å². The summed E-state index contributed by atoms with van der Waals surface area (Å²) in [7, 11) is 0. The lowest BCUT2D eigenvalue weighted by atomic mass is 10.2. The van der Waals surface area contributed by atoms with Crippen LogP contribution in [0.2, 0.25) is 0 Å². The molecule has 6 heteroatoms. The van der Waals surface area contributed by atoms with Gasteiger partial charge in [0.05, 0.1) is 12.8 Å². The molecule has 1 heterocycles. The third kappa shape index (κ3) is 1.94. The van der Waals surface area contributed by atoms with Gasteiger partial charge in [-0.25, -0.2) is 0 Å². The lowest BCUT2D eigenvalue weighted by molar-refractivity contribution is 0.0709. The van der Waals surface area contributed by atoms with Gasteiger partial charge in [0.15, 0.2) is 0 Å². The molecule has 0 atom stereocenters. The minimum atomic E-state index is -0.155. The zero-order valence-electron chi connectivity index (χ0n) is 8.31. The minimum Gasteiger partial charge on any atom is -0.395 e. The van der Waals surface area contributed by atoms with Crippen molar-refractivity contribution in [2.45, 2.75) is 18.9 Å². The monoisotopic (exact) mass is 210 g/mol. The van der Waals surface area contributed by atoms with Crippen molar-refractivity contribution in [3.05, 3.63) is 11.8 Å². The Labute approximate surface area is 87.1 Å². The molecule has 15 heavy (non-hydrogen) atoms. The van der Waals surface area contributed by atoms with Gasteiger partial charge in [-0.3, -0.25) is 9.89 Å². The summed E-state index contributed by atoms with van der Waals surface area (Å²) in [6.07, 6.45) is 3.43. The number of aliphatic hydroxyl groups is 1. The third-order valence-corrected chi connectivity index (χ3v) is 2.49. The van der Waals surface area contributed by atoms with Crippen molar-refractivity contribution in [1.82, 2.24) is 15.1 Å². The number of nitrogen functional groups attached to an aromatic ring is 1. The molecule has 1 aromatic heterocycles. The quantitative estimate of drug-likeness (QED) is 0.629. The van der Waals surface area contributed by atoms with Crippen LogP contribution in [0.1, 0.15) is 23.2 Å². The molecule has 6 nitrogen and oxygen atoms in total. The molecule has 82 valence electrons. The molecule has 0 radical (unpaired) electrons. The zero-order valence-corrected chi connectivity index (χ0v) is 8.31. The molecule has 0 spiro atoms. The maximum absolute atomic E-state index is 12.0. The van der Waals surface area contributed by atoms with Gasteiger partial charge in [-0.05, 0) is 12.8 Å². The maximum Gasteiger partial charge on any atom is 0.259 e. The van der Waals surface area contributed by atoms with Crippen LogP contribution in [-0.4, -0.2) is 45.3 Å². The predicted octanol–water partition coefficient (Wildman–Crippen LogP) is -0.411. The number of rotatable bonds is 4. The summed E-state index contributed by atoms with van der Waals surface area (Å²) in [6, 6.07) is 0.263. The van der Waals surface area contributed by atoms with Gasteiger partial charge in [0.25, 0.3) is 5.91 Å². The van der Waals surface area contributed by atoms with Crippen LogP contribution in [-0.2, 0) is 0 Å². The van der Waals surface area contributed by atoms with Gasteiger partial charge in [-0.2, -0.15) is 5.10 Å². The molecule has 2 rings (SSSR count). The van der Waals surface area contributed by atoms with Crippen LogP contribution in [0, 0.1) is 0 Å². The number of hydrogen-bond acceptors (Lipinski definition) is 4. The molecule has 1 saturated carbocycles. The lowest BCUT2D eigenvalue weighted by Crippen LogP contribution is -2.35. The largest absolute Gasteiger partial charge is 0.395 e. The van der Waals surface area contributed by atoms with E-state index in [1.54, 1.807) is 4.90 Å². The first-order valence-corrected chi connectivity index (χ1v) is 4.94. The van der Waals surface area contributed by atoms with Gasteiger partial charge in [-0.1, -0.05) is 0 Å². The Kier molecular flexibility index (Phi) is 2.59. The van der Waals surface area contributed by atoms with Crippen molar-refractivity contribution >= 4 is 11.7 Å². The van der Waals surface area contributed by atoms with Crippen LogP contribution >= 0.6 is 0 Å². The number of anilines is 1. The summed E-state index contributed by atoms with van der Waals surface area (Å²) >= 11 is 0. The molecule has 0 saturated heterocycles. The molecule has 0 aromatic carbocycles. The number of hydrogen-bond donors (Lipinski definition) is 3. The van der Waals surface area contributed by atoms with E-state index in [0.717, 1.165) is 12.8 Å². The van der Waals surface area contributed by atoms with Crippen molar-refractivity contribution in [1.29, 1.82) is 0 Å². The lowest BCUT2D eigenvalue weighted by Gasteiger charge is -2.20. The molecule has 1 aromatic rings. The summed E-state index contributed by atoms with van der Waals surface area (Å²) in [5.41, 5.74) is 5.95. The fourth-order valence-electron chi connectivity index (χ4n) is 1.57. The van der Waals surface area contributed by atoms with Gasteiger partial charge in [0, 0.05) is 12.6 Å². The first-order chi connectivity index (χ1) is 7.24. The predicted molar refractivity (Wildman–Crippen MR) is 54.1 cm³/mol. The second kappa shape index (κ2) is 3.90. The molecule has 0 unspecified atom stereocenters. The van der Waals surface area contributed by atoms with E-state index in [9.17, 15) is 4.79 Å². The second-order valence-corrected chi connectivity index (χ2v) is 3.65. The van der Waals surface area contributed by atoms with E-state index in [1.165, 1.54) is 6.20 Å². The van der Waals surface area contributed by atoms with Crippen LogP contribution in [0.5, 0.6) is 0 Å². The zero-order chi connectivity index (χ0) is 10.8. The normalized spacial score (nSPS) is 15.3. The summed E-state index contributed by atoms with van der Waals surface area (Å²) in [5.74, 6) is 0.126. The average molecular weight is 210 g/mol. The highest BCUT2D eigenvalue weighted by atomic mass is 16.3. The first kappa shape index (κ1) is 9.97. The molecule has 1 fully saturated rings. The fraction of sp³-hybridized carbons (Fsp3) is 0.556. The molecule has 1 amide bonds. The van der Waals surface area contributed by atoms with Gasteiger partial charge in [-0.15, -0.1) is 0 Å². The number of aromatic nitrogens is 2. The molecule has 0 aliphatic heterocycles. The molecule has 0 bridgehead atoms. The Morgan fingerprint density at radius 3 is 2.93 bits per heavy atom. The second-order valence-electron chi connectivity index (χ2n) is 3.65. The first-order valence-electron chi connectivity index (χ1n) is 4.94. The van der Waals surface area contributed by atoms with Crippen LogP contribution in [0.25, 0.3) is 0 Å². The maximum atomic E-state index is 12.0. The van der Waals surface area contributed by atoms with Crippen molar-refractivity contribution < 1.29 is 9.90 Å². The third-order valence-electron chi connectivity index (χ3n) is 2.49. The SMILES string of the molecule is Nc1[nH]ncc1C(=O)N(CCO)C1CC1. The number of carbonyl (C=O) groups excluding carboxylic acids is 1. The van der Waals surface area contributed by atoms with E-state index in [0.29, 0.717) is 12.1 Å². The summed E-state index contributed by atoms with van der Waals surface area (Å²) in [5, 5.41) is 15.1. The van der Waals surface area contributed by atoms with Crippen molar-refractivity contribution in [2.24, 2.45) is 0 Å². The van der Waals surface area contributed by atoms with Gasteiger partial charge in [0.2, 0.25) is 0 Å². The number of nitrogens with zero attached hydrogens (tertiary/aromatic N) is 2. The van der Waals surface area contributed by atoms with Gasteiger partial charge >= 0.3 is 0 Å². The number of amides is 1. The fourth-order valence-corrected chi connectivity index (χ4v) is 1.57. The van der Waals surface area contributed by atoms with Gasteiger partial charge in [0.1, 0.15) is 11.4 Å². The molecular formula is C9H14N4O2. The number of aromatic amines is 1. The van der Waals surface area contributed by atoms with E-state index in [1.807, 2.05) is 0 Å². The molecular weight excluding hydrogens is 196 g/mol. The van der Waals surface area contributed by atoms with E-state index in [-0.39, 0.29) is 24.4 Å². The average Bonchev–Trinajstić information content (AvgIpc) is 2.97. The van der Waals surface area contributed by atoms with E-state index < -0.39 is 0 Å². The topological polar surface area (TPSA) is 95.2 Å². The smallest absolute Gasteiger partial charge is 0.259 e. The Balaban J connectivity index is 2.14. The van der Waals surface area contributed by atoms with Crippen LogP contribution in [0.15, 0.2) is 6.20 Å². The van der Waals surface area contributed by atoms with Crippen molar-refractivity contribution in [2.75, 3.05) is 18.9 Å². The highest BCUT2D eigenvalue weighted by molar-refractivity contribution is 5.98. The Bertz CT molecular complexity index is 359. The van der Waals surface area contributed by atoms with Crippen LogP contribution < -0.4 is 5.73 Å². The number of aliphatic hydroxyl groups excluding tert-OH is 1. The van der Waals surface area contributed by atoms with Gasteiger partial charge < -0.3 is 15.7 Å². The highest BCUT2D eigenvalue weighted by Crippen LogP contribution is 2.28. The summed E-state index contributed by atoms with van der Waals surface area (Å²) < 4.78 is 0. The Morgan fingerprint density at radius 1 is 1.73 bits per heavy atom. The minimum absolute atomic E-state index is 0.0278. The highest BCUT2D eigenvalue weighted by Gasteiger charge is 2.33. The van der Waals surface area contributed by atoms with E-state index in [4.69, 9.17) is 10.8 Å².